The topological polar surface area (TPSA) is 80.9 Å². The summed E-state index contributed by atoms with van der Waals surface area (Å²) in [6.07, 6.45) is 2.92. The second-order valence-electron chi connectivity index (χ2n) is 3.68. The van der Waals surface area contributed by atoms with Gasteiger partial charge >= 0.3 is 0 Å². The van der Waals surface area contributed by atoms with Gasteiger partial charge < -0.3 is 11.1 Å². The fourth-order valence-electron chi connectivity index (χ4n) is 1.41. The van der Waals surface area contributed by atoms with Crippen molar-refractivity contribution in [1.29, 1.82) is 0 Å². The second kappa shape index (κ2) is 7.10. The Balaban J connectivity index is 1.68. The zero-order valence-corrected chi connectivity index (χ0v) is 11.8. The fourth-order valence-corrected chi connectivity index (χ4v) is 3.11. The van der Waals surface area contributed by atoms with Gasteiger partial charge in [-0.2, -0.15) is 11.8 Å². The molecule has 0 saturated heterocycles. The number of thiophene rings is 1. The number of nitrogens with one attached hydrogen (secondary N) is 1. The molecule has 0 aliphatic heterocycles. The maximum atomic E-state index is 11.8. The van der Waals surface area contributed by atoms with E-state index in [1.54, 1.807) is 23.1 Å². The van der Waals surface area contributed by atoms with E-state index in [0.717, 1.165) is 11.5 Å². The van der Waals surface area contributed by atoms with E-state index in [0.29, 0.717) is 6.54 Å². The van der Waals surface area contributed by atoms with Crippen molar-refractivity contribution in [3.8, 4) is 0 Å². The summed E-state index contributed by atoms with van der Waals surface area (Å²) in [5.41, 5.74) is 5.76. The van der Waals surface area contributed by atoms with Gasteiger partial charge in [-0.3, -0.25) is 4.79 Å². The number of nitrogens with zero attached hydrogens (tertiary/aromatic N) is 2. The van der Waals surface area contributed by atoms with Crippen LogP contribution in [0.25, 0.3) is 0 Å². The number of anilines is 1. The molecule has 0 atom stereocenters. The molecule has 7 heteroatoms. The molecule has 19 heavy (non-hydrogen) atoms. The van der Waals surface area contributed by atoms with E-state index in [2.05, 4.69) is 26.7 Å². The van der Waals surface area contributed by atoms with Gasteiger partial charge in [-0.15, -0.1) is 11.3 Å². The third kappa shape index (κ3) is 4.22. The minimum atomic E-state index is -0.276. The number of hydrogen-bond donors (Lipinski definition) is 2. The largest absolute Gasteiger partial charge is 0.382 e. The first-order chi connectivity index (χ1) is 9.27. The zero-order chi connectivity index (χ0) is 13.5. The molecule has 100 valence electrons. The molecule has 0 fully saturated rings. The molecule has 2 aromatic heterocycles. The number of rotatable bonds is 6. The van der Waals surface area contributed by atoms with E-state index in [9.17, 15) is 4.79 Å². The van der Waals surface area contributed by atoms with Crippen molar-refractivity contribution in [2.45, 2.75) is 5.75 Å². The number of carbonyl (C=O) groups excluding carboxylic acids is 1. The Hall–Kier alpha value is -1.60. The summed E-state index contributed by atoms with van der Waals surface area (Å²) in [5, 5.41) is 4.85. The summed E-state index contributed by atoms with van der Waals surface area (Å²) < 4.78 is 0. The van der Waals surface area contributed by atoms with Crippen LogP contribution < -0.4 is 11.1 Å². The van der Waals surface area contributed by atoms with Crippen molar-refractivity contribution in [3.63, 3.8) is 0 Å². The summed E-state index contributed by atoms with van der Waals surface area (Å²) in [5.74, 6) is 1.71. The Morgan fingerprint density at radius 2 is 2.26 bits per heavy atom. The van der Waals surface area contributed by atoms with Gasteiger partial charge in [-0.1, -0.05) is 6.07 Å². The normalized spacial score (nSPS) is 10.3. The lowest BCUT2D eigenvalue weighted by molar-refractivity contribution is 0.0952. The lowest BCUT2D eigenvalue weighted by Gasteiger charge is -2.05. The van der Waals surface area contributed by atoms with Crippen LogP contribution in [-0.2, 0) is 5.75 Å². The minimum absolute atomic E-state index is 0.159. The van der Waals surface area contributed by atoms with Crippen LogP contribution in [0.1, 0.15) is 15.4 Å². The van der Waals surface area contributed by atoms with Crippen LogP contribution in [0.2, 0.25) is 0 Å². The molecule has 2 aromatic rings. The molecule has 0 aliphatic rings. The van der Waals surface area contributed by atoms with E-state index < -0.39 is 0 Å². The molecule has 5 nitrogen and oxygen atoms in total. The predicted octanol–water partition coefficient (Wildman–Crippen LogP) is 1.78. The molecule has 2 rings (SSSR count). The van der Waals surface area contributed by atoms with Gasteiger partial charge in [0.25, 0.3) is 5.91 Å². The number of aromatic nitrogens is 2. The maximum Gasteiger partial charge on any atom is 0.273 e. The molecule has 0 unspecified atom stereocenters. The highest BCUT2D eigenvalue weighted by Crippen LogP contribution is 2.16. The van der Waals surface area contributed by atoms with Crippen LogP contribution in [0, 0.1) is 0 Å². The van der Waals surface area contributed by atoms with Crippen molar-refractivity contribution >= 4 is 34.8 Å². The molecule has 0 spiro atoms. The number of carbonyl (C=O) groups is 1. The van der Waals surface area contributed by atoms with Gasteiger partial charge in [0.05, 0.1) is 0 Å². The van der Waals surface area contributed by atoms with E-state index >= 15 is 0 Å². The standard InChI is InChI=1S/C12H14N4OS2/c13-11-10(14-3-4-15-11)12(17)16-5-7-18-8-9-2-1-6-19-9/h1-4,6H,5,7-8H2,(H2,13,15)(H,16,17). The summed E-state index contributed by atoms with van der Waals surface area (Å²) in [4.78, 5) is 20.8. The van der Waals surface area contributed by atoms with Crippen LogP contribution in [0.4, 0.5) is 5.82 Å². The van der Waals surface area contributed by atoms with E-state index in [-0.39, 0.29) is 17.4 Å². The SMILES string of the molecule is Nc1nccnc1C(=O)NCCSCc1cccs1. The van der Waals surface area contributed by atoms with Crippen molar-refractivity contribution in [1.82, 2.24) is 15.3 Å². The van der Waals surface area contributed by atoms with Crippen LogP contribution in [-0.4, -0.2) is 28.2 Å². The van der Waals surface area contributed by atoms with Crippen molar-refractivity contribution < 1.29 is 4.79 Å². The molecule has 0 bridgehead atoms. The maximum absolute atomic E-state index is 11.8. The summed E-state index contributed by atoms with van der Waals surface area (Å²) in [6.45, 7) is 0.588. The Morgan fingerprint density at radius 1 is 1.42 bits per heavy atom. The van der Waals surface area contributed by atoms with Gasteiger partial charge in [0.15, 0.2) is 11.5 Å². The molecular formula is C12H14N4OS2. The number of hydrogen-bond acceptors (Lipinski definition) is 6. The Bertz CT molecular complexity index is 530. The molecular weight excluding hydrogens is 280 g/mol. The molecule has 1 amide bonds. The third-order valence-corrected chi connectivity index (χ3v) is 4.37. The van der Waals surface area contributed by atoms with Gasteiger partial charge in [0.2, 0.25) is 0 Å². The highest BCUT2D eigenvalue weighted by molar-refractivity contribution is 7.98. The smallest absolute Gasteiger partial charge is 0.273 e. The van der Waals surface area contributed by atoms with E-state index in [1.165, 1.54) is 17.3 Å². The van der Waals surface area contributed by atoms with Crippen LogP contribution in [0.5, 0.6) is 0 Å². The van der Waals surface area contributed by atoms with Crippen LogP contribution in [0.3, 0.4) is 0 Å². The third-order valence-electron chi connectivity index (χ3n) is 2.30. The van der Waals surface area contributed by atoms with Crippen LogP contribution in [0.15, 0.2) is 29.9 Å². The summed E-state index contributed by atoms with van der Waals surface area (Å²) in [6, 6.07) is 4.15. The summed E-state index contributed by atoms with van der Waals surface area (Å²) >= 11 is 3.52. The quantitative estimate of drug-likeness (QED) is 0.794. The lowest BCUT2D eigenvalue weighted by atomic mass is 10.4. The highest BCUT2D eigenvalue weighted by Gasteiger charge is 2.10. The Morgan fingerprint density at radius 3 is 3.00 bits per heavy atom. The van der Waals surface area contributed by atoms with Crippen molar-refractivity contribution in [3.05, 3.63) is 40.5 Å². The molecule has 0 aromatic carbocycles. The zero-order valence-electron chi connectivity index (χ0n) is 10.2. The molecule has 3 N–H and O–H groups in total. The highest BCUT2D eigenvalue weighted by atomic mass is 32.2. The first-order valence-corrected chi connectivity index (χ1v) is 7.75. The number of nitrogen functional groups attached to an aromatic ring is 1. The second-order valence-corrected chi connectivity index (χ2v) is 5.82. The van der Waals surface area contributed by atoms with Crippen LogP contribution >= 0.6 is 23.1 Å². The molecule has 0 aliphatic carbocycles. The average Bonchev–Trinajstić information content (AvgIpc) is 2.92. The van der Waals surface area contributed by atoms with Gasteiger partial charge in [0, 0.05) is 35.3 Å². The number of nitrogens with two attached hydrogens (primary N) is 1. The fraction of sp³-hybridized carbons (Fsp3) is 0.250. The molecule has 2 heterocycles. The molecule has 0 radical (unpaired) electrons. The van der Waals surface area contributed by atoms with Crippen molar-refractivity contribution in [2.24, 2.45) is 0 Å². The first-order valence-electron chi connectivity index (χ1n) is 5.72. The summed E-state index contributed by atoms with van der Waals surface area (Å²) in [7, 11) is 0. The average molecular weight is 294 g/mol. The molecule has 0 saturated carbocycles. The lowest BCUT2D eigenvalue weighted by Crippen LogP contribution is -2.27. The minimum Gasteiger partial charge on any atom is -0.382 e. The van der Waals surface area contributed by atoms with Gasteiger partial charge in [-0.25, -0.2) is 9.97 Å². The van der Waals surface area contributed by atoms with E-state index in [4.69, 9.17) is 5.73 Å². The van der Waals surface area contributed by atoms with E-state index in [1.807, 2.05) is 6.07 Å². The first kappa shape index (κ1) is 13.8. The van der Waals surface area contributed by atoms with Gasteiger partial charge in [0.1, 0.15) is 0 Å². The monoisotopic (exact) mass is 294 g/mol. The predicted molar refractivity (Wildman–Crippen MR) is 79.3 cm³/mol. The van der Waals surface area contributed by atoms with Crippen molar-refractivity contribution in [2.75, 3.05) is 18.0 Å². The Labute approximate surface area is 119 Å². The number of thioether (sulfide) groups is 1. The van der Waals surface area contributed by atoms with Gasteiger partial charge in [-0.05, 0) is 11.4 Å². The number of amides is 1. The Kier molecular flexibility index (Phi) is 5.17.